The first kappa shape index (κ1) is 21.9. The quantitative estimate of drug-likeness (QED) is 0.685. The number of aliphatic hydroxyl groups is 1. The van der Waals surface area contributed by atoms with Crippen LogP contribution in [0.4, 0.5) is 19.0 Å². The Morgan fingerprint density at radius 3 is 2.63 bits per heavy atom. The van der Waals surface area contributed by atoms with E-state index in [1.165, 1.54) is 5.56 Å². The zero-order valence-electron chi connectivity index (χ0n) is 16.6. The van der Waals surface area contributed by atoms with E-state index in [2.05, 4.69) is 48.1 Å². The lowest BCUT2D eigenvalue weighted by Crippen LogP contribution is -2.63. The highest BCUT2D eigenvalue weighted by Crippen LogP contribution is 2.45. The van der Waals surface area contributed by atoms with E-state index in [1.54, 1.807) is 0 Å². The molecule has 1 aromatic carbocycles. The summed E-state index contributed by atoms with van der Waals surface area (Å²) in [5, 5.41) is 21.9. The van der Waals surface area contributed by atoms with E-state index < -0.39 is 12.1 Å². The van der Waals surface area contributed by atoms with E-state index in [0.29, 0.717) is 5.92 Å². The van der Waals surface area contributed by atoms with Crippen molar-refractivity contribution in [1.29, 1.82) is 0 Å². The predicted molar refractivity (Wildman–Crippen MR) is 99.4 cm³/mol. The van der Waals surface area contributed by atoms with Gasteiger partial charge < -0.3 is 19.7 Å². The van der Waals surface area contributed by atoms with Gasteiger partial charge in [0, 0.05) is 17.5 Å². The Hall–Kier alpha value is -2.81. The highest BCUT2D eigenvalue weighted by atomic mass is 19.4. The number of pyridine rings is 1. The third-order valence-corrected chi connectivity index (χ3v) is 5.61. The number of carbonyl (C=O) groups is 1. The molecule has 30 heavy (non-hydrogen) atoms. The minimum atomic E-state index is -5.19. The number of aliphatic hydroxyl groups excluding tert-OH is 1. The number of halogens is 3. The van der Waals surface area contributed by atoms with Gasteiger partial charge in [-0.15, -0.1) is 0 Å². The molecule has 2 aliphatic rings. The molecule has 0 radical (unpaired) electrons. The molecule has 2 atom stereocenters. The number of aliphatic carboxylic acids is 1. The summed E-state index contributed by atoms with van der Waals surface area (Å²) in [6.07, 6.45) is -2.10. The van der Waals surface area contributed by atoms with Crippen molar-refractivity contribution in [3.8, 4) is 5.75 Å². The molecule has 0 fully saturated rings. The number of benzene rings is 1. The molecular formula is C21H23F3N2O4. The van der Waals surface area contributed by atoms with Gasteiger partial charge in [-0.3, -0.25) is 5.32 Å². The lowest BCUT2D eigenvalue weighted by atomic mass is 9.75. The monoisotopic (exact) mass is 424 g/mol. The summed E-state index contributed by atoms with van der Waals surface area (Å²) in [7, 11) is 0. The van der Waals surface area contributed by atoms with E-state index in [9.17, 15) is 18.3 Å². The summed E-state index contributed by atoms with van der Waals surface area (Å²) in [5.41, 5.74) is 2.12. The average Bonchev–Trinajstić information content (AvgIpc) is 2.87. The van der Waals surface area contributed by atoms with Crippen molar-refractivity contribution < 1.29 is 37.5 Å². The number of nitrogens with zero attached hydrogens (tertiary/aromatic N) is 1. The van der Waals surface area contributed by atoms with Crippen molar-refractivity contribution in [2.75, 3.05) is 11.9 Å². The number of carbonyl (C=O) groups excluding carboxylic acids is 1. The summed E-state index contributed by atoms with van der Waals surface area (Å²) in [5.74, 6) is -0.536. The van der Waals surface area contributed by atoms with Crippen LogP contribution in [0.2, 0.25) is 0 Å². The molecule has 0 spiro atoms. The molecule has 0 saturated heterocycles. The second-order valence-electron chi connectivity index (χ2n) is 7.79. The molecule has 0 saturated carbocycles. The number of ether oxygens (including phenoxy) is 1. The summed E-state index contributed by atoms with van der Waals surface area (Å²) in [6.45, 7) is 5.39. The molecule has 0 unspecified atom stereocenters. The molecule has 3 heterocycles. The van der Waals surface area contributed by atoms with Crippen molar-refractivity contribution in [3.05, 3.63) is 53.7 Å². The van der Waals surface area contributed by atoms with E-state index in [-0.39, 0.29) is 18.2 Å². The Labute approximate surface area is 171 Å². The van der Waals surface area contributed by atoms with Gasteiger partial charge in [0.1, 0.15) is 23.3 Å². The lowest BCUT2D eigenvalue weighted by molar-refractivity contribution is -0.759. The van der Waals surface area contributed by atoms with Crippen LogP contribution in [0.3, 0.4) is 0 Å². The first-order valence-corrected chi connectivity index (χ1v) is 9.48. The number of hydrogen-bond donors (Lipinski definition) is 2. The largest absolute Gasteiger partial charge is 0.542 e. The topological polar surface area (TPSA) is 85.5 Å². The molecule has 162 valence electrons. The summed E-state index contributed by atoms with van der Waals surface area (Å²) >= 11 is 0. The molecule has 4 rings (SSSR count). The van der Waals surface area contributed by atoms with Gasteiger partial charge in [0.15, 0.2) is 0 Å². The third-order valence-electron chi connectivity index (χ3n) is 5.61. The maximum Gasteiger partial charge on any atom is 0.430 e. The zero-order valence-corrected chi connectivity index (χ0v) is 16.6. The van der Waals surface area contributed by atoms with Crippen molar-refractivity contribution in [2.45, 2.75) is 44.6 Å². The number of alkyl halides is 3. The van der Waals surface area contributed by atoms with Gasteiger partial charge >= 0.3 is 6.18 Å². The fourth-order valence-electron chi connectivity index (χ4n) is 4.08. The minimum Gasteiger partial charge on any atom is -0.542 e. The van der Waals surface area contributed by atoms with E-state index in [0.717, 1.165) is 30.2 Å². The lowest BCUT2D eigenvalue weighted by Gasteiger charge is -2.40. The number of carboxylic acids is 1. The Kier molecular flexibility index (Phi) is 5.94. The Bertz CT molecular complexity index is 931. The summed E-state index contributed by atoms with van der Waals surface area (Å²) < 4.78 is 39.8. The maximum absolute atomic E-state index is 10.5. The van der Waals surface area contributed by atoms with E-state index >= 15 is 0 Å². The molecular weight excluding hydrogens is 401 g/mol. The van der Waals surface area contributed by atoms with Crippen LogP contribution in [0.25, 0.3) is 0 Å². The normalized spacial score (nSPS) is 21.3. The standard InChI is InChI=1S/C19H22N2O2.C2HF3O2/c1-19(2)15-8-10-23-16-6-4-3-5-14(16)18(15)20-17-11-13(12-22)7-9-21(17)19;3-2(4,5)1(6)7/h3-7,9,11,15,18,22H,8,10,12H2,1-2H3;(H,6,7)/t15-,18+;/m0./s1. The number of aromatic nitrogens is 1. The average molecular weight is 424 g/mol. The van der Waals surface area contributed by atoms with Gasteiger partial charge in [0.2, 0.25) is 0 Å². The Balaban J connectivity index is 0.000000318. The second kappa shape index (κ2) is 8.14. The molecule has 2 N–H and O–H groups in total. The van der Waals surface area contributed by atoms with Gasteiger partial charge in [-0.1, -0.05) is 18.2 Å². The molecule has 0 aliphatic carbocycles. The van der Waals surface area contributed by atoms with Crippen LogP contribution < -0.4 is 19.7 Å². The van der Waals surface area contributed by atoms with Crippen molar-refractivity contribution in [1.82, 2.24) is 0 Å². The van der Waals surface area contributed by atoms with Gasteiger partial charge in [0.05, 0.1) is 19.4 Å². The molecule has 2 aromatic rings. The van der Waals surface area contributed by atoms with Gasteiger partial charge in [-0.05, 0) is 38.0 Å². The number of hydrogen-bond acceptors (Lipinski definition) is 5. The fourth-order valence-corrected chi connectivity index (χ4v) is 4.08. The fraction of sp³-hybridized carbons (Fsp3) is 0.429. The minimum absolute atomic E-state index is 0.0277. The number of para-hydroxylation sites is 1. The van der Waals surface area contributed by atoms with E-state index in [4.69, 9.17) is 14.6 Å². The highest BCUT2D eigenvalue weighted by Gasteiger charge is 2.49. The molecule has 0 bridgehead atoms. The molecule has 1 aromatic heterocycles. The Morgan fingerprint density at radius 2 is 2.00 bits per heavy atom. The Morgan fingerprint density at radius 1 is 1.33 bits per heavy atom. The molecule has 0 amide bonds. The predicted octanol–water partition coefficient (Wildman–Crippen LogP) is 2.07. The summed E-state index contributed by atoms with van der Waals surface area (Å²) in [4.78, 5) is 8.78. The van der Waals surface area contributed by atoms with Crippen molar-refractivity contribution in [3.63, 3.8) is 0 Å². The SMILES string of the molecule is CC1(C)[C@H]2CCOc3ccccc3[C@H]2Nc2cc(CO)cc[n+]21.O=C([O-])C(F)(F)F. The first-order valence-electron chi connectivity index (χ1n) is 9.48. The van der Waals surface area contributed by atoms with Crippen LogP contribution in [0, 0.1) is 5.92 Å². The second-order valence-corrected chi connectivity index (χ2v) is 7.79. The summed E-state index contributed by atoms with van der Waals surface area (Å²) in [6, 6.07) is 12.6. The maximum atomic E-state index is 10.5. The van der Waals surface area contributed by atoms with Gasteiger partial charge in [-0.2, -0.15) is 13.2 Å². The van der Waals surface area contributed by atoms with Crippen LogP contribution >= 0.6 is 0 Å². The van der Waals surface area contributed by atoms with E-state index in [1.807, 2.05) is 18.2 Å². The van der Waals surface area contributed by atoms with Gasteiger partial charge in [-0.25, -0.2) is 4.57 Å². The zero-order chi connectivity index (χ0) is 22.1. The number of carboxylic acid groups (broad SMARTS) is 1. The van der Waals surface area contributed by atoms with Crippen molar-refractivity contribution in [2.24, 2.45) is 5.92 Å². The first-order chi connectivity index (χ1) is 14.1. The highest BCUT2D eigenvalue weighted by molar-refractivity contribution is 5.70. The van der Waals surface area contributed by atoms with Gasteiger partial charge in [0.25, 0.3) is 5.82 Å². The number of fused-ring (bicyclic) bond motifs is 4. The number of anilines is 1. The third kappa shape index (κ3) is 4.21. The van der Waals surface area contributed by atoms with Crippen molar-refractivity contribution >= 4 is 11.8 Å². The molecule has 9 heteroatoms. The van der Waals surface area contributed by atoms with Crippen LogP contribution in [-0.2, 0) is 16.9 Å². The van der Waals surface area contributed by atoms with Crippen LogP contribution in [0.1, 0.15) is 37.4 Å². The van der Waals surface area contributed by atoms with Crippen LogP contribution in [-0.4, -0.2) is 23.9 Å². The van der Waals surface area contributed by atoms with Crippen LogP contribution in [0.15, 0.2) is 42.6 Å². The number of nitrogens with one attached hydrogen (secondary N) is 1. The number of rotatable bonds is 1. The smallest absolute Gasteiger partial charge is 0.430 e. The van der Waals surface area contributed by atoms with Crippen LogP contribution in [0.5, 0.6) is 5.75 Å². The molecule has 6 nitrogen and oxygen atoms in total. The molecule has 2 aliphatic heterocycles.